The minimum Gasteiger partial charge on any atom is -0.465 e. The molecule has 0 amide bonds. The summed E-state index contributed by atoms with van der Waals surface area (Å²) in [6.45, 7) is 4.75. The lowest BCUT2D eigenvalue weighted by atomic mass is 9.96. The van der Waals surface area contributed by atoms with E-state index < -0.39 is 5.54 Å². The van der Waals surface area contributed by atoms with Gasteiger partial charge in [0.2, 0.25) is 0 Å². The van der Waals surface area contributed by atoms with E-state index in [1.165, 1.54) is 12.1 Å². The number of rotatable bonds is 8. The molecule has 5 heteroatoms. The summed E-state index contributed by atoms with van der Waals surface area (Å²) in [5.41, 5.74) is 0.149. The summed E-state index contributed by atoms with van der Waals surface area (Å²) in [4.78, 5) is 13.9. The average Bonchev–Trinajstić information content (AvgIpc) is 2.47. The molecular weight excluding hydrogens is 271 g/mol. The Labute approximate surface area is 126 Å². The van der Waals surface area contributed by atoms with Crippen molar-refractivity contribution in [1.29, 1.82) is 0 Å². The summed E-state index contributed by atoms with van der Waals surface area (Å²) >= 11 is 0. The largest absolute Gasteiger partial charge is 0.465 e. The summed E-state index contributed by atoms with van der Waals surface area (Å²) in [7, 11) is 3.67. The Kier molecular flexibility index (Phi) is 6.62. The van der Waals surface area contributed by atoms with E-state index in [-0.39, 0.29) is 11.8 Å². The first-order valence-corrected chi connectivity index (χ1v) is 7.25. The molecule has 0 fully saturated rings. The third-order valence-electron chi connectivity index (χ3n) is 3.70. The number of likely N-dealkylation sites (N-methyl/N-ethyl adjacent to an activating group) is 1. The van der Waals surface area contributed by atoms with Crippen LogP contribution in [0.5, 0.6) is 0 Å². The van der Waals surface area contributed by atoms with Crippen LogP contribution in [0.1, 0.15) is 26.7 Å². The SMILES string of the molecule is CCOC(=O)C(C)(CCCN(C)c1cccc(F)c1)NC. The summed E-state index contributed by atoms with van der Waals surface area (Å²) in [5.74, 6) is -0.480. The Bertz CT molecular complexity index is 467. The van der Waals surface area contributed by atoms with Crippen molar-refractivity contribution in [3.8, 4) is 0 Å². The molecule has 0 bridgehead atoms. The smallest absolute Gasteiger partial charge is 0.326 e. The number of anilines is 1. The quantitative estimate of drug-likeness (QED) is 0.749. The number of hydrogen-bond acceptors (Lipinski definition) is 4. The van der Waals surface area contributed by atoms with Crippen molar-refractivity contribution < 1.29 is 13.9 Å². The molecule has 4 nitrogen and oxygen atoms in total. The number of benzene rings is 1. The maximum atomic E-state index is 13.2. The minimum absolute atomic E-state index is 0.235. The molecule has 118 valence electrons. The zero-order chi connectivity index (χ0) is 15.9. The van der Waals surface area contributed by atoms with E-state index in [0.29, 0.717) is 13.0 Å². The third kappa shape index (κ3) is 5.01. The molecule has 1 atom stereocenters. The molecule has 0 spiro atoms. The zero-order valence-corrected chi connectivity index (χ0v) is 13.3. The van der Waals surface area contributed by atoms with E-state index in [9.17, 15) is 9.18 Å². The van der Waals surface area contributed by atoms with E-state index >= 15 is 0 Å². The van der Waals surface area contributed by atoms with Crippen LogP contribution in [0.4, 0.5) is 10.1 Å². The van der Waals surface area contributed by atoms with E-state index in [4.69, 9.17) is 4.74 Å². The van der Waals surface area contributed by atoms with Gasteiger partial charge in [-0.2, -0.15) is 0 Å². The molecule has 0 heterocycles. The fourth-order valence-electron chi connectivity index (χ4n) is 2.13. The molecule has 0 saturated heterocycles. The lowest BCUT2D eigenvalue weighted by molar-refractivity contribution is -0.150. The molecule has 1 N–H and O–H groups in total. The van der Waals surface area contributed by atoms with Gasteiger partial charge in [-0.3, -0.25) is 4.79 Å². The van der Waals surface area contributed by atoms with Crippen molar-refractivity contribution in [3.63, 3.8) is 0 Å². The van der Waals surface area contributed by atoms with Gasteiger partial charge >= 0.3 is 5.97 Å². The predicted molar refractivity (Wildman–Crippen MR) is 83.0 cm³/mol. The first kappa shape index (κ1) is 17.4. The van der Waals surface area contributed by atoms with Crippen LogP contribution in [-0.2, 0) is 9.53 Å². The maximum Gasteiger partial charge on any atom is 0.326 e. The summed E-state index contributed by atoms with van der Waals surface area (Å²) in [6, 6.07) is 6.49. The number of halogens is 1. The second-order valence-electron chi connectivity index (χ2n) is 5.31. The molecule has 0 aromatic heterocycles. The third-order valence-corrected chi connectivity index (χ3v) is 3.70. The van der Waals surface area contributed by atoms with Gasteiger partial charge in [-0.25, -0.2) is 4.39 Å². The van der Waals surface area contributed by atoms with Gasteiger partial charge in [0.15, 0.2) is 0 Å². The molecule has 1 unspecified atom stereocenters. The number of esters is 1. The molecule has 0 saturated carbocycles. The van der Waals surface area contributed by atoms with E-state index in [1.807, 2.05) is 24.9 Å². The van der Waals surface area contributed by atoms with Crippen molar-refractivity contribution in [3.05, 3.63) is 30.1 Å². The molecule has 21 heavy (non-hydrogen) atoms. The minimum atomic E-state index is -0.682. The van der Waals surface area contributed by atoms with Crippen molar-refractivity contribution in [2.24, 2.45) is 0 Å². The van der Waals surface area contributed by atoms with Crippen molar-refractivity contribution in [2.75, 3.05) is 32.1 Å². The van der Waals surface area contributed by atoms with Gasteiger partial charge in [0.1, 0.15) is 11.4 Å². The van der Waals surface area contributed by atoms with Gasteiger partial charge in [-0.05, 0) is 51.9 Å². The standard InChI is InChI=1S/C16H25FN2O2/c1-5-21-15(20)16(2,18-3)10-7-11-19(4)14-9-6-8-13(17)12-14/h6,8-9,12,18H,5,7,10-11H2,1-4H3. The van der Waals surface area contributed by atoms with Crippen LogP contribution in [0, 0.1) is 5.82 Å². The highest BCUT2D eigenvalue weighted by Crippen LogP contribution is 2.18. The average molecular weight is 296 g/mol. The fourth-order valence-corrected chi connectivity index (χ4v) is 2.13. The Hall–Kier alpha value is -1.62. The summed E-state index contributed by atoms with van der Waals surface area (Å²) in [6.07, 6.45) is 1.45. The number of ether oxygens (including phenoxy) is 1. The van der Waals surface area contributed by atoms with Gasteiger partial charge in [-0.1, -0.05) is 6.07 Å². The van der Waals surface area contributed by atoms with Crippen LogP contribution in [0.3, 0.4) is 0 Å². The molecule has 1 rings (SSSR count). The first-order valence-electron chi connectivity index (χ1n) is 7.25. The van der Waals surface area contributed by atoms with Gasteiger partial charge < -0.3 is 15.0 Å². The van der Waals surface area contributed by atoms with Gasteiger partial charge in [0, 0.05) is 19.3 Å². The Morgan fingerprint density at radius 1 is 1.48 bits per heavy atom. The Balaban J connectivity index is 2.53. The van der Waals surface area contributed by atoms with Crippen molar-refractivity contribution >= 4 is 11.7 Å². The highest BCUT2D eigenvalue weighted by Gasteiger charge is 2.32. The molecule has 0 radical (unpaired) electrons. The van der Waals surface area contributed by atoms with E-state index in [2.05, 4.69) is 5.32 Å². The number of hydrogen-bond donors (Lipinski definition) is 1. The lowest BCUT2D eigenvalue weighted by Gasteiger charge is -2.28. The topological polar surface area (TPSA) is 41.6 Å². The van der Waals surface area contributed by atoms with Gasteiger partial charge in [0.05, 0.1) is 6.61 Å². The van der Waals surface area contributed by atoms with Crippen LogP contribution < -0.4 is 10.2 Å². The number of carbonyl (C=O) groups is 1. The second kappa shape index (κ2) is 7.98. The molecule has 0 aliphatic carbocycles. The van der Waals surface area contributed by atoms with Crippen LogP contribution in [0.25, 0.3) is 0 Å². The van der Waals surface area contributed by atoms with Crippen molar-refractivity contribution in [2.45, 2.75) is 32.2 Å². The summed E-state index contributed by atoms with van der Waals surface area (Å²) in [5, 5.41) is 3.03. The van der Waals surface area contributed by atoms with E-state index in [1.54, 1.807) is 20.0 Å². The number of nitrogens with one attached hydrogen (secondary N) is 1. The normalized spacial score (nSPS) is 13.6. The van der Waals surface area contributed by atoms with Crippen LogP contribution in [0.2, 0.25) is 0 Å². The monoisotopic (exact) mass is 296 g/mol. The Morgan fingerprint density at radius 3 is 2.76 bits per heavy atom. The molecular formula is C16H25FN2O2. The Morgan fingerprint density at radius 2 is 2.19 bits per heavy atom. The van der Waals surface area contributed by atoms with Gasteiger partial charge in [0.25, 0.3) is 0 Å². The fraction of sp³-hybridized carbons (Fsp3) is 0.562. The van der Waals surface area contributed by atoms with Crippen LogP contribution in [0.15, 0.2) is 24.3 Å². The number of carbonyl (C=O) groups excluding carboxylic acids is 1. The zero-order valence-electron chi connectivity index (χ0n) is 13.3. The number of nitrogens with zero attached hydrogens (tertiary/aromatic N) is 1. The predicted octanol–water partition coefficient (Wildman–Crippen LogP) is 2.58. The van der Waals surface area contributed by atoms with Crippen LogP contribution in [-0.4, -0.2) is 38.8 Å². The van der Waals surface area contributed by atoms with Crippen LogP contribution >= 0.6 is 0 Å². The molecule has 0 aliphatic heterocycles. The van der Waals surface area contributed by atoms with Crippen molar-refractivity contribution in [1.82, 2.24) is 5.32 Å². The second-order valence-corrected chi connectivity index (χ2v) is 5.31. The molecule has 1 aromatic rings. The lowest BCUT2D eigenvalue weighted by Crippen LogP contribution is -2.49. The maximum absolute atomic E-state index is 13.2. The highest BCUT2D eigenvalue weighted by molar-refractivity contribution is 5.80. The molecule has 1 aromatic carbocycles. The molecule has 0 aliphatic rings. The van der Waals surface area contributed by atoms with E-state index in [0.717, 1.165) is 18.7 Å². The van der Waals surface area contributed by atoms with Gasteiger partial charge in [-0.15, -0.1) is 0 Å². The summed E-state index contributed by atoms with van der Waals surface area (Å²) < 4.78 is 18.3. The first-order chi connectivity index (χ1) is 9.92. The highest BCUT2D eigenvalue weighted by atomic mass is 19.1.